The molecule has 4 rings (SSSR count). The number of amides is 1. The Morgan fingerprint density at radius 2 is 2.12 bits per heavy atom. The van der Waals surface area contributed by atoms with Crippen LogP contribution in [0.25, 0.3) is 0 Å². The third-order valence-electron chi connectivity index (χ3n) is 4.98. The first-order chi connectivity index (χ1) is 12.6. The normalized spacial score (nSPS) is 18.3. The van der Waals surface area contributed by atoms with E-state index in [4.69, 9.17) is 16.6 Å². The molecule has 136 valence electrons. The average Bonchev–Trinajstić information content (AvgIpc) is 3.04. The molecule has 2 aromatic rings. The standard InChI is InChI=1S/C19H20ClN3O2S/c20-15-7-3-1-5-12(15)10-21-17(24)9-13-11-26-19-22-16-8-4-2-6-14(16)18(25)23(13)19/h1,3,5,7,13H,2,4,6,8-11H2,(H,21,24). The molecule has 0 saturated carbocycles. The van der Waals surface area contributed by atoms with Crippen LogP contribution in [0.1, 0.15) is 42.1 Å². The van der Waals surface area contributed by atoms with Crippen molar-refractivity contribution in [3.8, 4) is 0 Å². The molecule has 1 amide bonds. The van der Waals surface area contributed by atoms with Gasteiger partial charge in [0.2, 0.25) is 5.91 Å². The lowest BCUT2D eigenvalue weighted by molar-refractivity contribution is -0.121. The Morgan fingerprint density at radius 3 is 2.96 bits per heavy atom. The van der Waals surface area contributed by atoms with Gasteiger partial charge in [0.05, 0.1) is 11.7 Å². The van der Waals surface area contributed by atoms with Crippen LogP contribution in [0.5, 0.6) is 0 Å². The monoisotopic (exact) mass is 389 g/mol. The molecule has 0 radical (unpaired) electrons. The van der Waals surface area contributed by atoms with E-state index in [9.17, 15) is 9.59 Å². The molecular weight excluding hydrogens is 370 g/mol. The van der Waals surface area contributed by atoms with E-state index in [2.05, 4.69) is 5.32 Å². The Hall–Kier alpha value is -1.79. The summed E-state index contributed by atoms with van der Waals surface area (Å²) in [7, 11) is 0. The first-order valence-electron chi connectivity index (χ1n) is 8.90. The van der Waals surface area contributed by atoms with Gasteiger partial charge in [0.25, 0.3) is 5.56 Å². The first-order valence-corrected chi connectivity index (χ1v) is 10.3. The summed E-state index contributed by atoms with van der Waals surface area (Å²) >= 11 is 7.70. The number of nitrogens with zero attached hydrogens (tertiary/aromatic N) is 2. The third-order valence-corrected chi connectivity index (χ3v) is 6.44. The molecule has 2 aliphatic rings. The average molecular weight is 390 g/mol. The Labute approximate surface area is 161 Å². The van der Waals surface area contributed by atoms with Gasteiger partial charge in [-0.05, 0) is 37.3 Å². The number of thioether (sulfide) groups is 1. The number of carbonyl (C=O) groups is 1. The molecule has 1 atom stereocenters. The van der Waals surface area contributed by atoms with Crippen LogP contribution in [0.3, 0.4) is 0 Å². The molecule has 2 heterocycles. The topological polar surface area (TPSA) is 64.0 Å². The van der Waals surface area contributed by atoms with E-state index in [1.165, 1.54) is 0 Å². The summed E-state index contributed by atoms with van der Waals surface area (Å²) in [6, 6.07) is 7.32. The van der Waals surface area contributed by atoms with Gasteiger partial charge in [0.1, 0.15) is 0 Å². The van der Waals surface area contributed by atoms with Gasteiger partial charge < -0.3 is 5.32 Å². The lowest BCUT2D eigenvalue weighted by atomic mass is 9.97. The Kier molecular flexibility index (Phi) is 5.05. The van der Waals surface area contributed by atoms with Crippen molar-refractivity contribution >= 4 is 29.3 Å². The molecule has 5 nitrogen and oxygen atoms in total. The van der Waals surface area contributed by atoms with Crippen LogP contribution in [-0.2, 0) is 24.2 Å². The van der Waals surface area contributed by atoms with Crippen molar-refractivity contribution in [1.82, 2.24) is 14.9 Å². The maximum absolute atomic E-state index is 12.9. The van der Waals surface area contributed by atoms with Gasteiger partial charge in [-0.25, -0.2) is 4.98 Å². The van der Waals surface area contributed by atoms with E-state index in [1.807, 2.05) is 18.2 Å². The summed E-state index contributed by atoms with van der Waals surface area (Å²) in [5.74, 6) is 0.637. The number of rotatable bonds is 4. The van der Waals surface area contributed by atoms with Crippen LogP contribution in [0.4, 0.5) is 0 Å². The summed E-state index contributed by atoms with van der Waals surface area (Å²) in [4.78, 5) is 30.0. The second kappa shape index (κ2) is 7.45. The number of fused-ring (bicyclic) bond motifs is 2. The lowest BCUT2D eigenvalue weighted by Crippen LogP contribution is -2.33. The van der Waals surface area contributed by atoms with Gasteiger partial charge in [0.15, 0.2) is 5.16 Å². The zero-order chi connectivity index (χ0) is 18.1. The summed E-state index contributed by atoms with van der Waals surface area (Å²) in [6.45, 7) is 0.391. The fraction of sp³-hybridized carbons (Fsp3) is 0.421. The number of aryl methyl sites for hydroxylation is 1. The molecule has 1 unspecified atom stereocenters. The predicted octanol–water partition coefficient (Wildman–Crippen LogP) is 3.13. The van der Waals surface area contributed by atoms with Crippen LogP contribution in [0.15, 0.2) is 34.2 Å². The largest absolute Gasteiger partial charge is 0.352 e. The van der Waals surface area contributed by atoms with Gasteiger partial charge >= 0.3 is 0 Å². The Morgan fingerprint density at radius 1 is 1.31 bits per heavy atom. The van der Waals surface area contributed by atoms with Gasteiger partial charge in [0, 0.05) is 29.3 Å². The van der Waals surface area contributed by atoms with Crippen molar-refractivity contribution in [3.05, 3.63) is 56.5 Å². The highest BCUT2D eigenvalue weighted by Crippen LogP contribution is 2.33. The fourth-order valence-electron chi connectivity index (χ4n) is 3.59. The van der Waals surface area contributed by atoms with Crippen molar-refractivity contribution in [2.24, 2.45) is 0 Å². The summed E-state index contributed by atoms with van der Waals surface area (Å²) in [6.07, 6.45) is 4.12. The predicted molar refractivity (Wildman–Crippen MR) is 103 cm³/mol. The summed E-state index contributed by atoms with van der Waals surface area (Å²) in [5, 5.41) is 4.31. The fourth-order valence-corrected chi connectivity index (χ4v) is 4.94. The van der Waals surface area contributed by atoms with Gasteiger partial charge in [-0.15, -0.1) is 0 Å². The molecule has 0 bridgehead atoms. The molecule has 0 fully saturated rings. The van der Waals surface area contributed by atoms with Crippen LogP contribution < -0.4 is 10.9 Å². The maximum Gasteiger partial charge on any atom is 0.257 e. The number of benzene rings is 1. The zero-order valence-electron chi connectivity index (χ0n) is 14.3. The highest BCUT2D eigenvalue weighted by molar-refractivity contribution is 7.99. The Bertz CT molecular complexity index is 912. The second-order valence-electron chi connectivity index (χ2n) is 6.74. The van der Waals surface area contributed by atoms with Crippen LogP contribution in [0.2, 0.25) is 5.02 Å². The van der Waals surface area contributed by atoms with Gasteiger partial charge in [-0.3, -0.25) is 14.2 Å². The molecule has 7 heteroatoms. The second-order valence-corrected chi connectivity index (χ2v) is 8.13. The van der Waals surface area contributed by atoms with Crippen molar-refractivity contribution < 1.29 is 4.79 Å². The van der Waals surface area contributed by atoms with Crippen molar-refractivity contribution in [2.75, 3.05) is 5.75 Å². The van der Waals surface area contributed by atoms with Crippen LogP contribution in [-0.4, -0.2) is 21.2 Å². The number of halogens is 1. The SMILES string of the molecule is O=C(CC1CSc2nc3c(c(=O)n21)CCCC3)NCc1ccccc1Cl. The van der Waals surface area contributed by atoms with Crippen LogP contribution >= 0.6 is 23.4 Å². The zero-order valence-corrected chi connectivity index (χ0v) is 15.9. The molecule has 1 aliphatic carbocycles. The number of carbonyl (C=O) groups excluding carboxylic acids is 1. The third kappa shape index (κ3) is 3.40. The summed E-state index contributed by atoms with van der Waals surface area (Å²) < 4.78 is 1.74. The van der Waals surface area contributed by atoms with Crippen molar-refractivity contribution in [2.45, 2.75) is 49.8 Å². The molecule has 1 aliphatic heterocycles. The smallest absolute Gasteiger partial charge is 0.257 e. The van der Waals surface area contributed by atoms with E-state index >= 15 is 0 Å². The highest BCUT2D eigenvalue weighted by Gasteiger charge is 2.30. The van der Waals surface area contributed by atoms with E-state index in [0.29, 0.717) is 17.3 Å². The number of hydrogen-bond donors (Lipinski definition) is 1. The van der Waals surface area contributed by atoms with Gasteiger partial charge in [-0.1, -0.05) is 41.6 Å². The molecule has 1 aromatic heterocycles. The minimum Gasteiger partial charge on any atom is -0.352 e. The van der Waals surface area contributed by atoms with E-state index in [-0.39, 0.29) is 23.9 Å². The maximum atomic E-state index is 12.9. The van der Waals surface area contributed by atoms with Crippen molar-refractivity contribution in [1.29, 1.82) is 0 Å². The molecule has 0 spiro atoms. The number of hydrogen-bond acceptors (Lipinski definition) is 4. The molecule has 26 heavy (non-hydrogen) atoms. The quantitative estimate of drug-likeness (QED) is 0.816. The first kappa shape index (κ1) is 17.6. The highest BCUT2D eigenvalue weighted by atomic mass is 35.5. The molecular formula is C19H20ClN3O2S. The summed E-state index contributed by atoms with van der Waals surface area (Å²) in [5.41, 5.74) is 2.75. The molecule has 1 aromatic carbocycles. The number of nitrogens with one attached hydrogen (secondary N) is 1. The van der Waals surface area contributed by atoms with E-state index in [1.54, 1.807) is 22.4 Å². The minimum absolute atomic E-state index is 0.0543. The lowest BCUT2D eigenvalue weighted by Gasteiger charge is -2.18. The number of aromatic nitrogens is 2. The minimum atomic E-state index is -0.131. The Balaban J connectivity index is 1.47. The van der Waals surface area contributed by atoms with Gasteiger partial charge in [-0.2, -0.15) is 0 Å². The van der Waals surface area contributed by atoms with E-state index < -0.39 is 0 Å². The van der Waals surface area contributed by atoms with Crippen LogP contribution in [0, 0.1) is 0 Å². The molecule has 0 saturated heterocycles. The molecule has 1 N–H and O–H groups in total. The van der Waals surface area contributed by atoms with Crippen molar-refractivity contribution in [3.63, 3.8) is 0 Å². The van der Waals surface area contributed by atoms with E-state index in [0.717, 1.165) is 47.7 Å².